The summed E-state index contributed by atoms with van der Waals surface area (Å²) >= 11 is 0. The van der Waals surface area contributed by atoms with Gasteiger partial charge in [0, 0.05) is 0 Å². The molecule has 0 amide bonds. The van der Waals surface area contributed by atoms with Crippen molar-refractivity contribution in [2.75, 3.05) is 6.79 Å². The smallest absolute Gasteiger partial charge is 0.407 e. The molecule has 0 spiro atoms. The summed E-state index contributed by atoms with van der Waals surface area (Å²) in [6, 6.07) is 8.79. The Hall–Kier alpha value is -1.55. The van der Waals surface area contributed by atoms with E-state index in [2.05, 4.69) is 6.92 Å². The maximum absolute atomic E-state index is 11.3. The molecule has 0 aliphatic heterocycles. The van der Waals surface area contributed by atoms with E-state index >= 15 is 0 Å². The second kappa shape index (κ2) is 8.53. The Morgan fingerprint density at radius 1 is 1.22 bits per heavy atom. The first kappa shape index (κ1) is 14.5. The monoisotopic (exact) mass is 252 g/mol. The molecule has 4 heteroatoms. The fraction of sp³-hybridized carbons (Fsp3) is 0.500. The molecule has 1 atom stereocenters. The molecule has 0 bridgehead atoms. The number of carbonyl (C=O) groups is 1. The van der Waals surface area contributed by atoms with Crippen LogP contribution < -0.4 is 4.74 Å². The molecular formula is C14H20O4. The van der Waals surface area contributed by atoms with E-state index in [1.807, 2.05) is 13.0 Å². The summed E-state index contributed by atoms with van der Waals surface area (Å²) in [6.45, 7) is 4.07. The van der Waals surface area contributed by atoms with Gasteiger partial charge in [0.2, 0.25) is 0 Å². The van der Waals surface area contributed by atoms with Crippen molar-refractivity contribution in [1.82, 2.24) is 0 Å². The van der Waals surface area contributed by atoms with Gasteiger partial charge in [-0.1, -0.05) is 38.5 Å². The topological polar surface area (TPSA) is 44.8 Å². The van der Waals surface area contributed by atoms with Gasteiger partial charge in [0.25, 0.3) is 0 Å². The summed E-state index contributed by atoms with van der Waals surface area (Å²) in [4.78, 5) is 11.3. The van der Waals surface area contributed by atoms with E-state index in [0.29, 0.717) is 5.75 Å². The van der Waals surface area contributed by atoms with Crippen LogP contribution in [-0.2, 0) is 9.47 Å². The van der Waals surface area contributed by atoms with Crippen molar-refractivity contribution in [3.8, 4) is 5.75 Å². The SMILES string of the molecule is CCCC(CC)OCOC(=O)Oc1ccccc1. The third kappa shape index (κ3) is 5.68. The summed E-state index contributed by atoms with van der Waals surface area (Å²) in [7, 11) is 0. The average molecular weight is 252 g/mol. The largest absolute Gasteiger partial charge is 0.515 e. The molecule has 1 unspecified atom stereocenters. The number of rotatable bonds is 7. The van der Waals surface area contributed by atoms with Gasteiger partial charge in [0.1, 0.15) is 5.75 Å². The molecule has 0 aromatic heterocycles. The highest BCUT2D eigenvalue weighted by molar-refractivity contribution is 5.63. The van der Waals surface area contributed by atoms with Gasteiger partial charge in [0.05, 0.1) is 6.10 Å². The lowest BCUT2D eigenvalue weighted by Gasteiger charge is -2.14. The van der Waals surface area contributed by atoms with Crippen LogP contribution in [0.2, 0.25) is 0 Å². The van der Waals surface area contributed by atoms with E-state index < -0.39 is 6.16 Å². The van der Waals surface area contributed by atoms with Crippen molar-refractivity contribution in [3.63, 3.8) is 0 Å². The van der Waals surface area contributed by atoms with Crippen LogP contribution in [0.15, 0.2) is 30.3 Å². The summed E-state index contributed by atoms with van der Waals surface area (Å²) < 4.78 is 15.2. The molecule has 0 heterocycles. The Bertz CT molecular complexity index is 337. The number of carbonyl (C=O) groups excluding carboxylic acids is 1. The Labute approximate surface area is 108 Å². The molecule has 1 aromatic rings. The van der Waals surface area contributed by atoms with Crippen molar-refractivity contribution in [2.45, 2.75) is 39.2 Å². The molecule has 4 nitrogen and oxygen atoms in total. The highest BCUT2D eigenvalue weighted by atomic mass is 16.8. The van der Waals surface area contributed by atoms with Crippen molar-refractivity contribution in [1.29, 1.82) is 0 Å². The van der Waals surface area contributed by atoms with Crippen LogP contribution in [0.1, 0.15) is 33.1 Å². The van der Waals surface area contributed by atoms with E-state index in [1.165, 1.54) is 0 Å². The van der Waals surface area contributed by atoms with Crippen LogP contribution in [0.4, 0.5) is 4.79 Å². The third-order valence-corrected chi connectivity index (χ3v) is 2.49. The molecular weight excluding hydrogens is 232 g/mol. The number of para-hydroxylation sites is 1. The first-order valence-corrected chi connectivity index (χ1v) is 6.27. The minimum Gasteiger partial charge on any atom is -0.407 e. The predicted octanol–water partition coefficient (Wildman–Crippen LogP) is 3.75. The summed E-state index contributed by atoms with van der Waals surface area (Å²) in [6.07, 6.45) is 2.32. The molecule has 0 N–H and O–H groups in total. The average Bonchev–Trinajstić information content (AvgIpc) is 2.39. The van der Waals surface area contributed by atoms with Crippen LogP contribution in [0.25, 0.3) is 0 Å². The number of hydrogen-bond acceptors (Lipinski definition) is 4. The van der Waals surface area contributed by atoms with Gasteiger partial charge >= 0.3 is 6.16 Å². The van der Waals surface area contributed by atoms with E-state index in [0.717, 1.165) is 19.3 Å². The second-order valence-corrected chi connectivity index (χ2v) is 3.91. The Kier molecular flexibility index (Phi) is 6.87. The maximum Gasteiger partial charge on any atom is 0.515 e. The van der Waals surface area contributed by atoms with Crippen molar-refractivity contribution < 1.29 is 19.0 Å². The normalized spacial score (nSPS) is 11.9. The number of benzene rings is 1. The zero-order chi connectivity index (χ0) is 13.2. The zero-order valence-corrected chi connectivity index (χ0v) is 10.9. The Balaban J connectivity index is 2.21. The minimum absolute atomic E-state index is 0.0653. The fourth-order valence-corrected chi connectivity index (χ4v) is 1.52. The van der Waals surface area contributed by atoms with Crippen LogP contribution in [0.5, 0.6) is 5.75 Å². The summed E-state index contributed by atoms with van der Waals surface area (Å²) in [5.41, 5.74) is 0. The van der Waals surface area contributed by atoms with Crippen LogP contribution in [-0.4, -0.2) is 19.1 Å². The molecule has 1 rings (SSSR count). The van der Waals surface area contributed by atoms with Crippen LogP contribution in [0.3, 0.4) is 0 Å². The van der Waals surface area contributed by atoms with Gasteiger partial charge in [-0.2, -0.15) is 0 Å². The molecule has 0 saturated carbocycles. The van der Waals surface area contributed by atoms with E-state index in [9.17, 15) is 4.79 Å². The van der Waals surface area contributed by atoms with Crippen molar-refractivity contribution >= 4 is 6.16 Å². The number of ether oxygens (including phenoxy) is 3. The third-order valence-electron chi connectivity index (χ3n) is 2.49. The second-order valence-electron chi connectivity index (χ2n) is 3.91. The van der Waals surface area contributed by atoms with Gasteiger partial charge in [-0.15, -0.1) is 0 Å². The van der Waals surface area contributed by atoms with Crippen LogP contribution >= 0.6 is 0 Å². The lowest BCUT2D eigenvalue weighted by molar-refractivity contribution is -0.0706. The first-order valence-electron chi connectivity index (χ1n) is 6.27. The highest BCUT2D eigenvalue weighted by Gasteiger charge is 2.09. The Morgan fingerprint density at radius 2 is 1.94 bits per heavy atom. The molecule has 100 valence electrons. The van der Waals surface area contributed by atoms with Gasteiger partial charge in [-0.25, -0.2) is 4.79 Å². The molecule has 0 saturated heterocycles. The quantitative estimate of drug-likeness (QED) is 0.421. The number of hydrogen-bond donors (Lipinski definition) is 0. The zero-order valence-electron chi connectivity index (χ0n) is 10.9. The maximum atomic E-state index is 11.3. The van der Waals surface area contributed by atoms with Gasteiger partial charge in [-0.3, -0.25) is 0 Å². The van der Waals surface area contributed by atoms with E-state index in [4.69, 9.17) is 14.2 Å². The van der Waals surface area contributed by atoms with Gasteiger partial charge in [0.15, 0.2) is 6.79 Å². The Morgan fingerprint density at radius 3 is 2.56 bits per heavy atom. The minimum atomic E-state index is -0.743. The molecule has 0 aliphatic rings. The standard InChI is InChI=1S/C14H20O4/c1-3-8-12(4-2)16-11-17-14(15)18-13-9-6-5-7-10-13/h5-7,9-10,12H,3-4,8,11H2,1-2H3. The van der Waals surface area contributed by atoms with Gasteiger partial charge in [-0.05, 0) is 25.0 Å². The molecule has 0 fully saturated rings. The van der Waals surface area contributed by atoms with E-state index in [1.54, 1.807) is 24.3 Å². The molecule has 0 radical (unpaired) electrons. The lowest BCUT2D eigenvalue weighted by Crippen LogP contribution is -2.18. The summed E-state index contributed by atoms with van der Waals surface area (Å²) in [5, 5.41) is 0. The summed E-state index contributed by atoms with van der Waals surface area (Å²) in [5.74, 6) is 0.461. The van der Waals surface area contributed by atoms with Crippen molar-refractivity contribution in [3.05, 3.63) is 30.3 Å². The first-order chi connectivity index (χ1) is 8.76. The molecule has 0 aliphatic carbocycles. The van der Waals surface area contributed by atoms with Gasteiger partial charge < -0.3 is 14.2 Å². The van der Waals surface area contributed by atoms with E-state index in [-0.39, 0.29) is 12.9 Å². The van der Waals surface area contributed by atoms with Crippen molar-refractivity contribution in [2.24, 2.45) is 0 Å². The van der Waals surface area contributed by atoms with Crippen LogP contribution in [0, 0.1) is 0 Å². The predicted molar refractivity (Wildman–Crippen MR) is 68.5 cm³/mol. The lowest BCUT2D eigenvalue weighted by atomic mass is 10.2. The molecule has 1 aromatic carbocycles. The fourth-order valence-electron chi connectivity index (χ4n) is 1.52. The highest BCUT2D eigenvalue weighted by Crippen LogP contribution is 2.10. The molecule has 18 heavy (non-hydrogen) atoms.